The number of fused-ring (bicyclic) bond motifs is 1. The maximum absolute atomic E-state index is 13.3. The molecule has 2 aromatic heterocycles. The number of carbonyl (C=O) groups is 1. The molecule has 4 aromatic rings. The second kappa shape index (κ2) is 9.18. The monoisotopic (exact) mass is 483 g/mol. The van der Waals surface area contributed by atoms with Crippen molar-refractivity contribution in [1.29, 1.82) is 0 Å². The van der Waals surface area contributed by atoms with Gasteiger partial charge in [-0.2, -0.15) is 5.10 Å². The molecule has 2 aromatic carbocycles. The molecule has 9 nitrogen and oxygen atoms in total. The van der Waals surface area contributed by atoms with E-state index in [2.05, 4.69) is 5.32 Å². The number of ketones is 1. The molecule has 0 radical (unpaired) electrons. The molecular weight excluding hydrogens is 458 g/mol. The van der Waals surface area contributed by atoms with Gasteiger partial charge in [-0.15, -0.1) is 0 Å². The van der Waals surface area contributed by atoms with E-state index in [1.807, 2.05) is 67.7 Å². The highest BCUT2D eigenvalue weighted by Crippen LogP contribution is 2.31. The minimum absolute atomic E-state index is 0.0294. The van der Waals surface area contributed by atoms with Gasteiger partial charge in [0.25, 0.3) is 5.56 Å². The lowest BCUT2D eigenvalue weighted by molar-refractivity contribution is 0.104. The average molecular weight is 484 g/mol. The van der Waals surface area contributed by atoms with Gasteiger partial charge >= 0.3 is 5.69 Å². The predicted octanol–water partition coefficient (Wildman–Crippen LogP) is 3.47. The Morgan fingerprint density at radius 2 is 1.75 bits per heavy atom. The van der Waals surface area contributed by atoms with E-state index in [4.69, 9.17) is 9.84 Å². The molecule has 0 bridgehead atoms. The van der Waals surface area contributed by atoms with Gasteiger partial charge in [-0.1, -0.05) is 25.1 Å². The number of carbonyl (C=O) groups excluding carboxylic acids is 1. The molecule has 0 spiro atoms. The Morgan fingerprint density at radius 3 is 2.42 bits per heavy atom. The molecule has 0 unspecified atom stereocenters. The van der Waals surface area contributed by atoms with Crippen LogP contribution < -0.4 is 21.3 Å². The van der Waals surface area contributed by atoms with Crippen LogP contribution in [0.2, 0.25) is 0 Å². The van der Waals surface area contributed by atoms with Crippen molar-refractivity contribution in [2.75, 3.05) is 12.4 Å². The molecular formula is C27H25N5O4. The number of benzene rings is 2. The third-order valence-corrected chi connectivity index (χ3v) is 6.14. The Balaban J connectivity index is 1.65. The van der Waals surface area contributed by atoms with Crippen molar-refractivity contribution in [2.45, 2.75) is 19.9 Å². The number of hydrogen-bond donors (Lipinski definition) is 1. The molecule has 5 rings (SSSR count). The SMILES string of the molecule is CCCn1c2c(c(=O)n(C)c1=O)C(=O)/C(=C/c1cn(-c3ccccc3)nc1-c1ccc(OC)cc1)N2. The van der Waals surface area contributed by atoms with Gasteiger partial charge in [0.15, 0.2) is 0 Å². The number of nitrogens with one attached hydrogen (secondary N) is 1. The third kappa shape index (κ3) is 3.84. The highest BCUT2D eigenvalue weighted by atomic mass is 16.5. The van der Waals surface area contributed by atoms with E-state index in [0.717, 1.165) is 15.8 Å². The molecule has 1 N–H and O–H groups in total. The first-order valence-electron chi connectivity index (χ1n) is 11.6. The van der Waals surface area contributed by atoms with Crippen molar-refractivity contribution in [3.63, 3.8) is 0 Å². The van der Waals surface area contributed by atoms with Crippen molar-refractivity contribution < 1.29 is 9.53 Å². The molecule has 3 heterocycles. The van der Waals surface area contributed by atoms with Crippen LogP contribution in [0.15, 0.2) is 76.1 Å². The maximum Gasteiger partial charge on any atom is 0.332 e. The Kier molecular flexibility index (Phi) is 5.89. The quantitative estimate of drug-likeness (QED) is 0.422. The minimum Gasteiger partial charge on any atom is -0.497 e. The summed E-state index contributed by atoms with van der Waals surface area (Å²) in [5.74, 6) is 0.500. The van der Waals surface area contributed by atoms with E-state index in [-0.39, 0.29) is 17.1 Å². The lowest BCUT2D eigenvalue weighted by Crippen LogP contribution is -2.40. The summed E-state index contributed by atoms with van der Waals surface area (Å²) in [5.41, 5.74) is 2.12. The number of allylic oxidation sites excluding steroid dienone is 1. The maximum atomic E-state index is 13.3. The van der Waals surface area contributed by atoms with Crippen LogP contribution in [-0.4, -0.2) is 31.8 Å². The van der Waals surface area contributed by atoms with Gasteiger partial charge in [-0.25, -0.2) is 9.48 Å². The van der Waals surface area contributed by atoms with Gasteiger partial charge < -0.3 is 10.1 Å². The topological polar surface area (TPSA) is 100 Å². The lowest BCUT2D eigenvalue weighted by atomic mass is 10.1. The van der Waals surface area contributed by atoms with Crippen LogP contribution in [0.1, 0.15) is 29.3 Å². The second-order valence-corrected chi connectivity index (χ2v) is 8.48. The molecule has 1 aliphatic rings. The summed E-state index contributed by atoms with van der Waals surface area (Å²) in [5, 5.41) is 7.83. The van der Waals surface area contributed by atoms with E-state index in [1.165, 1.54) is 11.6 Å². The first kappa shape index (κ1) is 23.1. The van der Waals surface area contributed by atoms with E-state index >= 15 is 0 Å². The van der Waals surface area contributed by atoms with Gasteiger partial charge in [0.1, 0.15) is 22.8 Å². The van der Waals surface area contributed by atoms with Gasteiger partial charge in [-0.05, 0) is 48.9 Å². The van der Waals surface area contributed by atoms with Gasteiger partial charge in [0.05, 0.1) is 18.5 Å². The summed E-state index contributed by atoms with van der Waals surface area (Å²) >= 11 is 0. The average Bonchev–Trinajstić information content (AvgIpc) is 3.47. The fraction of sp³-hybridized carbons (Fsp3) is 0.185. The highest BCUT2D eigenvalue weighted by Gasteiger charge is 2.32. The summed E-state index contributed by atoms with van der Waals surface area (Å²) in [4.78, 5) is 38.9. The summed E-state index contributed by atoms with van der Waals surface area (Å²) in [6.45, 7) is 2.31. The predicted molar refractivity (Wildman–Crippen MR) is 138 cm³/mol. The summed E-state index contributed by atoms with van der Waals surface area (Å²) in [6.07, 6.45) is 4.18. The molecule has 0 atom stereocenters. The van der Waals surface area contributed by atoms with Crippen LogP contribution in [0.4, 0.5) is 5.82 Å². The molecule has 1 aliphatic heterocycles. The number of aromatic nitrogens is 4. The number of para-hydroxylation sites is 1. The molecule has 0 saturated carbocycles. The van der Waals surface area contributed by atoms with Crippen LogP contribution in [0.5, 0.6) is 5.75 Å². The number of anilines is 1. The van der Waals surface area contributed by atoms with Gasteiger partial charge in [0.2, 0.25) is 5.78 Å². The zero-order valence-corrected chi connectivity index (χ0v) is 20.2. The summed E-state index contributed by atoms with van der Waals surface area (Å²) < 4.78 is 9.43. The second-order valence-electron chi connectivity index (χ2n) is 8.48. The minimum atomic E-state index is -0.612. The zero-order valence-electron chi connectivity index (χ0n) is 20.2. The highest BCUT2D eigenvalue weighted by molar-refractivity contribution is 6.20. The molecule has 36 heavy (non-hydrogen) atoms. The van der Waals surface area contributed by atoms with Gasteiger partial charge in [0, 0.05) is 30.9 Å². The van der Waals surface area contributed by atoms with Crippen molar-refractivity contribution in [3.05, 3.63) is 98.5 Å². The van der Waals surface area contributed by atoms with Crippen molar-refractivity contribution in [2.24, 2.45) is 7.05 Å². The Labute approximate surface area is 206 Å². The number of ether oxygens (including phenoxy) is 1. The molecule has 0 saturated heterocycles. The fourth-order valence-corrected chi connectivity index (χ4v) is 4.29. The first-order chi connectivity index (χ1) is 17.4. The number of rotatable bonds is 6. The molecule has 0 fully saturated rings. The summed E-state index contributed by atoms with van der Waals surface area (Å²) in [6, 6.07) is 17.1. The van der Waals surface area contributed by atoms with E-state index < -0.39 is 17.0 Å². The smallest absolute Gasteiger partial charge is 0.332 e. The van der Waals surface area contributed by atoms with Crippen LogP contribution in [0.3, 0.4) is 0 Å². The van der Waals surface area contributed by atoms with Crippen LogP contribution >= 0.6 is 0 Å². The summed E-state index contributed by atoms with van der Waals surface area (Å²) in [7, 11) is 2.99. The number of Topliss-reactive ketones (excluding diaryl/α,β-unsaturated/α-hetero) is 1. The Hall–Kier alpha value is -4.66. The van der Waals surface area contributed by atoms with Crippen molar-refractivity contribution in [1.82, 2.24) is 18.9 Å². The van der Waals surface area contributed by atoms with E-state index in [0.29, 0.717) is 30.0 Å². The normalized spacial score (nSPS) is 13.6. The fourth-order valence-electron chi connectivity index (χ4n) is 4.29. The first-order valence-corrected chi connectivity index (χ1v) is 11.6. The van der Waals surface area contributed by atoms with E-state index in [9.17, 15) is 14.4 Å². The van der Waals surface area contributed by atoms with Crippen LogP contribution in [0.25, 0.3) is 23.0 Å². The van der Waals surface area contributed by atoms with Crippen molar-refractivity contribution >= 4 is 17.7 Å². The van der Waals surface area contributed by atoms with Crippen LogP contribution in [-0.2, 0) is 13.6 Å². The molecule has 9 heteroatoms. The number of hydrogen-bond acceptors (Lipinski definition) is 6. The Bertz CT molecular complexity index is 1610. The molecule has 182 valence electrons. The molecule has 0 aliphatic carbocycles. The van der Waals surface area contributed by atoms with Crippen molar-refractivity contribution in [3.8, 4) is 22.7 Å². The van der Waals surface area contributed by atoms with E-state index in [1.54, 1.807) is 17.9 Å². The lowest BCUT2D eigenvalue weighted by Gasteiger charge is -2.11. The zero-order chi connectivity index (χ0) is 25.4. The number of methoxy groups -OCH3 is 1. The molecule has 0 amide bonds. The Morgan fingerprint density at radius 1 is 1.03 bits per heavy atom. The van der Waals surface area contributed by atoms with Gasteiger partial charge in [-0.3, -0.25) is 18.7 Å². The van der Waals surface area contributed by atoms with Crippen LogP contribution in [0, 0.1) is 0 Å². The standard InChI is InChI=1S/C27H25N5O4/c1-4-14-31-25-22(26(34)30(2)27(31)35)24(33)21(28-25)15-18-16-32(19-8-6-5-7-9-19)29-23(18)17-10-12-20(36-3)13-11-17/h5-13,15-16,28H,4,14H2,1-3H3/b21-15-. The largest absolute Gasteiger partial charge is 0.497 e. The number of nitrogens with zero attached hydrogens (tertiary/aromatic N) is 4. The third-order valence-electron chi connectivity index (χ3n) is 6.14.